The lowest BCUT2D eigenvalue weighted by molar-refractivity contribution is 0.588. The molecule has 1 N–H and O–H groups in total. The molecule has 0 saturated heterocycles. The monoisotopic (exact) mass is 310 g/mol. The molecule has 0 bridgehead atoms. The molecule has 2 aromatic rings. The van der Waals surface area contributed by atoms with Gasteiger partial charge in [0.1, 0.15) is 5.82 Å². The van der Waals surface area contributed by atoms with Crippen LogP contribution in [0.1, 0.15) is 25.2 Å². The number of benzene rings is 1. The zero-order valence-corrected chi connectivity index (χ0v) is 13.7. The Hall–Kier alpha value is -1.04. The topological polar surface area (TPSA) is 42.7 Å². The standard InChI is InChI=1S/C14H19ClN4S/c1-9(2)16-8-11-5-6-13(12(15)7-11)20-14-18-17-10(3)19(14)4/h5-7,9,16H,8H2,1-4H3. The second-order valence-corrected chi connectivity index (χ2v) is 6.41. The molecule has 6 heteroatoms. The van der Waals surface area contributed by atoms with Crippen molar-refractivity contribution >= 4 is 23.4 Å². The second kappa shape index (κ2) is 6.61. The zero-order valence-electron chi connectivity index (χ0n) is 12.1. The van der Waals surface area contributed by atoms with Crippen molar-refractivity contribution in [3.8, 4) is 0 Å². The number of hydrogen-bond acceptors (Lipinski definition) is 4. The number of aromatic nitrogens is 3. The van der Waals surface area contributed by atoms with Crippen molar-refractivity contribution < 1.29 is 0 Å². The summed E-state index contributed by atoms with van der Waals surface area (Å²) in [4.78, 5) is 0.996. The van der Waals surface area contributed by atoms with E-state index < -0.39 is 0 Å². The Labute approximate surface area is 128 Å². The summed E-state index contributed by atoms with van der Waals surface area (Å²) >= 11 is 7.88. The number of nitrogens with zero attached hydrogens (tertiary/aromatic N) is 3. The second-order valence-electron chi connectivity index (χ2n) is 4.99. The lowest BCUT2D eigenvalue weighted by atomic mass is 10.2. The van der Waals surface area contributed by atoms with Crippen LogP contribution in [0.25, 0.3) is 0 Å². The lowest BCUT2D eigenvalue weighted by Gasteiger charge is -2.10. The number of nitrogens with one attached hydrogen (secondary N) is 1. The summed E-state index contributed by atoms with van der Waals surface area (Å²) in [5.74, 6) is 0.890. The van der Waals surface area contributed by atoms with Crippen molar-refractivity contribution in [1.82, 2.24) is 20.1 Å². The van der Waals surface area contributed by atoms with Crippen molar-refractivity contribution in [1.29, 1.82) is 0 Å². The quantitative estimate of drug-likeness (QED) is 0.919. The first kappa shape index (κ1) is 15.4. The van der Waals surface area contributed by atoms with E-state index in [2.05, 4.69) is 35.4 Å². The van der Waals surface area contributed by atoms with Crippen LogP contribution in [0.3, 0.4) is 0 Å². The van der Waals surface area contributed by atoms with E-state index in [1.165, 1.54) is 17.3 Å². The molecule has 4 nitrogen and oxygen atoms in total. The fraction of sp³-hybridized carbons (Fsp3) is 0.429. The van der Waals surface area contributed by atoms with Crippen molar-refractivity contribution in [3.63, 3.8) is 0 Å². The Bertz CT molecular complexity index is 595. The van der Waals surface area contributed by atoms with E-state index >= 15 is 0 Å². The molecule has 1 aromatic carbocycles. The maximum atomic E-state index is 6.35. The van der Waals surface area contributed by atoms with E-state index in [-0.39, 0.29) is 0 Å². The molecule has 0 saturated carbocycles. The predicted molar refractivity (Wildman–Crippen MR) is 83.3 cm³/mol. The van der Waals surface area contributed by atoms with Gasteiger partial charge in [0.25, 0.3) is 0 Å². The summed E-state index contributed by atoms with van der Waals surface area (Å²) in [7, 11) is 1.95. The molecule has 20 heavy (non-hydrogen) atoms. The van der Waals surface area contributed by atoms with Gasteiger partial charge in [0.2, 0.25) is 0 Å². The molecule has 0 atom stereocenters. The molecular formula is C14H19ClN4S. The first-order valence-electron chi connectivity index (χ1n) is 6.53. The summed E-state index contributed by atoms with van der Waals surface area (Å²) in [5.41, 5.74) is 1.18. The van der Waals surface area contributed by atoms with Crippen LogP contribution in [0.4, 0.5) is 0 Å². The van der Waals surface area contributed by atoms with Crippen LogP contribution in [-0.2, 0) is 13.6 Å². The minimum Gasteiger partial charge on any atom is -0.310 e. The highest BCUT2D eigenvalue weighted by molar-refractivity contribution is 7.99. The van der Waals surface area contributed by atoms with Crippen LogP contribution >= 0.6 is 23.4 Å². The molecule has 1 aromatic heterocycles. The molecule has 0 aliphatic heterocycles. The third-order valence-electron chi connectivity index (χ3n) is 2.96. The van der Waals surface area contributed by atoms with Crippen molar-refractivity contribution in [2.75, 3.05) is 0 Å². The highest BCUT2D eigenvalue weighted by atomic mass is 35.5. The Morgan fingerprint density at radius 2 is 2.10 bits per heavy atom. The van der Waals surface area contributed by atoms with Gasteiger partial charge in [-0.3, -0.25) is 0 Å². The molecule has 0 aliphatic carbocycles. The molecule has 0 amide bonds. The third-order valence-corrected chi connectivity index (χ3v) is 4.50. The first-order valence-corrected chi connectivity index (χ1v) is 7.72. The Kier molecular flexibility index (Phi) is 5.07. The van der Waals surface area contributed by atoms with Crippen LogP contribution in [0.5, 0.6) is 0 Å². The normalized spacial score (nSPS) is 11.3. The molecule has 2 rings (SSSR count). The van der Waals surface area contributed by atoms with Gasteiger partial charge in [-0.15, -0.1) is 10.2 Å². The largest absolute Gasteiger partial charge is 0.310 e. The van der Waals surface area contributed by atoms with E-state index in [0.717, 1.165) is 27.4 Å². The third kappa shape index (κ3) is 3.75. The Morgan fingerprint density at radius 1 is 1.35 bits per heavy atom. The fourth-order valence-corrected chi connectivity index (χ4v) is 2.79. The van der Waals surface area contributed by atoms with Crippen molar-refractivity contribution in [2.24, 2.45) is 7.05 Å². The Morgan fingerprint density at radius 3 is 2.65 bits per heavy atom. The van der Waals surface area contributed by atoms with Crippen LogP contribution in [0, 0.1) is 6.92 Å². The van der Waals surface area contributed by atoms with Gasteiger partial charge in [-0.25, -0.2) is 0 Å². The summed E-state index contributed by atoms with van der Waals surface area (Å²) in [6.45, 7) is 7.01. The van der Waals surface area contributed by atoms with Gasteiger partial charge in [0, 0.05) is 24.5 Å². The fourth-order valence-electron chi connectivity index (χ4n) is 1.63. The Balaban J connectivity index is 2.11. The zero-order chi connectivity index (χ0) is 14.7. The smallest absolute Gasteiger partial charge is 0.195 e. The van der Waals surface area contributed by atoms with Crippen molar-refractivity contribution in [3.05, 3.63) is 34.6 Å². The van der Waals surface area contributed by atoms with E-state index in [4.69, 9.17) is 11.6 Å². The van der Waals surface area contributed by atoms with Gasteiger partial charge >= 0.3 is 0 Å². The molecule has 0 spiro atoms. The summed E-state index contributed by atoms with van der Waals surface area (Å²) in [6, 6.07) is 6.59. The molecule has 0 fully saturated rings. The summed E-state index contributed by atoms with van der Waals surface area (Å²) < 4.78 is 1.95. The summed E-state index contributed by atoms with van der Waals surface area (Å²) in [6.07, 6.45) is 0. The van der Waals surface area contributed by atoms with Gasteiger partial charge < -0.3 is 9.88 Å². The maximum absolute atomic E-state index is 6.35. The average Bonchev–Trinajstić information content (AvgIpc) is 2.71. The number of rotatable bonds is 5. The first-order chi connectivity index (χ1) is 9.47. The van der Waals surface area contributed by atoms with Crippen LogP contribution in [-0.4, -0.2) is 20.8 Å². The minimum atomic E-state index is 0.462. The van der Waals surface area contributed by atoms with Gasteiger partial charge in [0.15, 0.2) is 5.16 Å². The molecular weight excluding hydrogens is 292 g/mol. The number of aryl methyl sites for hydroxylation is 1. The van der Waals surface area contributed by atoms with Crippen LogP contribution in [0.15, 0.2) is 28.3 Å². The van der Waals surface area contributed by atoms with E-state index in [9.17, 15) is 0 Å². The molecule has 0 radical (unpaired) electrons. The van der Waals surface area contributed by atoms with Crippen molar-refractivity contribution in [2.45, 2.75) is 43.4 Å². The highest BCUT2D eigenvalue weighted by Crippen LogP contribution is 2.32. The van der Waals surface area contributed by atoms with Gasteiger partial charge in [-0.1, -0.05) is 31.5 Å². The van der Waals surface area contributed by atoms with Gasteiger partial charge in [0.05, 0.1) is 5.02 Å². The highest BCUT2D eigenvalue weighted by Gasteiger charge is 2.10. The van der Waals surface area contributed by atoms with E-state index in [0.29, 0.717) is 6.04 Å². The predicted octanol–water partition coefficient (Wildman–Crippen LogP) is 3.43. The number of halogens is 1. The SMILES string of the molecule is Cc1nnc(Sc2ccc(CNC(C)C)cc2Cl)n1C. The molecule has 108 valence electrons. The molecule has 0 aliphatic rings. The van der Waals surface area contributed by atoms with Gasteiger partial charge in [-0.2, -0.15) is 0 Å². The van der Waals surface area contributed by atoms with Gasteiger partial charge in [-0.05, 0) is 36.4 Å². The molecule has 0 unspecified atom stereocenters. The molecule has 1 heterocycles. The van der Waals surface area contributed by atoms with Crippen LogP contribution in [0.2, 0.25) is 5.02 Å². The number of hydrogen-bond donors (Lipinski definition) is 1. The minimum absolute atomic E-state index is 0.462. The van der Waals surface area contributed by atoms with E-state index in [1.54, 1.807) is 0 Å². The average molecular weight is 311 g/mol. The lowest BCUT2D eigenvalue weighted by Crippen LogP contribution is -2.21. The maximum Gasteiger partial charge on any atom is 0.195 e. The van der Waals surface area contributed by atoms with E-state index in [1.807, 2.05) is 30.7 Å². The summed E-state index contributed by atoms with van der Waals surface area (Å²) in [5, 5.41) is 13.2. The van der Waals surface area contributed by atoms with Crippen LogP contribution < -0.4 is 5.32 Å².